The molecule has 11 heteroatoms. The van der Waals surface area contributed by atoms with Crippen molar-refractivity contribution < 1.29 is 18.0 Å². The number of carbonyl (C=O) groups excluding carboxylic acids is 1. The van der Waals surface area contributed by atoms with E-state index in [2.05, 4.69) is 21.4 Å². The van der Waals surface area contributed by atoms with E-state index in [1.165, 1.54) is 12.8 Å². The molecule has 2 saturated carbocycles. The fraction of sp³-hybridized carbons (Fsp3) is 0.783. The SMILES string of the molecule is N#CCC1(n2cc(C(N)=O)c(NCC3CC3)n2)CCC(N2CC3CC(C2)N3CC(F)(F)F)CC1. The van der Waals surface area contributed by atoms with Crippen molar-refractivity contribution >= 4 is 11.7 Å². The van der Waals surface area contributed by atoms with Gasteiger partial charge in [0.2, 0.25) is 0 Å². The second-order valence-corrected chi connectivity index (χ2v) is 10.6. The fourth-order valence-corrected chi connectivity index (χ4v) is 6.11. The summed E-state index contributed by atoms with van der Waals surface area (Å²) in [5, 5.41) is 17.5. The van der Waals surface area contributed by atoms with Crippen LogP contribution in [-0.2, 0) is 5.54 Å². The van der Waals surface area contributed by atoms with Crippen molar-refractivity contribution in [2.75, 3.05) is 31.5 Å². The molecule has 2 bridgehead atoms. The van der Waals surface area contributed by atoms with Gasteiger partial charge in [0.1, 0.15) is 5.56 Å². The van der Waals surface area contributed by atoms with Gasteiger partial charge in [-0.05, 0) is 50.9 Å². The van der Waals surface area contributed by atoms with E-state index < -0.39 is 24.2 Å². The number of anilines is 1. The first-order valence-corrected chi connectivity index (χ1v) is 12.2. The number of nitrogens with zero attached hydrogens (tertiary/aromatic N) is 5. The summed E-state index contributed by atoms with van der Waals surface area (Å²) in [4.78, 5) is 16.0. The summed E-state index contributed by atoms with van der Waals surface area (Å²) in [5.74, 6) is 0.554. The third-order valence-corrected chi connectivity index (χ3v) is 8.27. The number of carbonyl (C=O) groups is 1. The summed E-state index contributed by atoms with van der Waals surface area (Å²) in [5.41, 5.74) is 5.45. The maximum absolute atomic E-state index is 12.9. The van der Waals surface area contributed by atoms with E-state index in [4.69, 9.17) is 5.73 Å². The molecule has 3 aliphatic heterocycles. The van der Waals surface area contributed by atoms with E-state index in [1.807, 2.05) is 0 Å². The van der Waals surface area contributed by atoms with Gasteiger partial charge in [-0.2, -0.15) is 23.5 Å². The zero-order valence-electron chi connectivity index (χ0n) is 19.2. The zero-order valence-corrected chi connectivity index (χ0v) is 19.2. The van der Waals surface area contributed by atoms with Crippen LogP contribution in [-0.4, -0.2) is 76.0 Å². The first kappa shape index (κ1) is 23.4. The van der Waals surface area contributed by atoms with Gasteiger partial charge >= 0.3 is 6.18 Å². The minimum Gasteiger partial charge on any atom is -0.368 e. The number of hydrogen-bond acceptors (Lipinski definition) is 6. The number of alkyl halides is 3. The Kier molecular flexibility index (Phi) is 6.01. The molecule has 0 spiro atoms. The van der Waals surface area contributed by atoms with Crippen LogP contribution in [0.2, 0.25) is 0 Å². The summed E-state index contributed by atoms with van der Waals surface area (Å²) in [6.45, 7) is 1.29. The number of nitriles is 1. The molecule has 5 fully saturated rings. The van der Waals surface area contributed by atoms with Gasteiger partial charge in [-0.15, -0.1) is 0 Å². The molecule has 0 aromatic carbocycles. The quantitative estimate of drug-likeness (QED) is 0.594. The van der Waals surface area contributed by atoms with E-state index in [0.29, 0.717) is 36.4 Å². The van der Waals surface area contributed by atoms with Crippen molar-refractivity contribution in [2.45, 2.75) is 81.2 Å². The Morgan fingerprint density at radius 3 is 2.44 bits per heavy atom. The Bertz CT molecular complexity index is 947. The van der Waals surface area contributed by atoms with Gasteiger partial charge in [0.05, 0.1) is 24.6 Å². The predicted molar refractivity (Wildman–Crippen MR) is 119 cm³/mol. The molecule has 8 nitrogen and oxygen atoms in total. The molecule has 2 unspecified atom stereocenters. The predicted octanol–water partition coefficient (Wildman–Crippen LogP) is 2.68. The third kappa shape index (κ3) is 4.62. The summed E-state index contributed by atoms with van der Waals surface area (Å²) in [6, 6.07) is 2.57. The summed E-state index contributed by atoms with van der Waals surface area (Å²) >= 11 is 0. The Morgan fingerprint density at radius 2 is 1.88 bits per heavy atom. The Balaban J connectivity index is 1.25. The second kappa shape index (κ2) is 8.72. The Labute approximate surface area is 197 Å². The number of primary amides is 1. The Morgan fingerprint density at radius 1 is 1.21 bits per heavy atom. The maximum atomic E-state index is 12.9. The van der Waals surface area contributed by atoms with Gasteiger partial charge in [-0.3, -0.25) is 19.3 Å². The minimum absolute atomic E-state index is 0.0180. The summed E-state index contributed by atoms with van der Waals surface area (Å²) < 4.78 is 40.3. The number of hydrogen-bond donors (Lipinski definition) is 2. The van der Waals surface area contributed by atoms with Crippen molar-refractivity contribution in [2.24, 2.45) is 11.7 Å². The monoisotopic (exact) mass is 479 g/mol. The van der Waals surface area contributed by atoms with E-state index in [-0.39, 0.29) is 18.5 Å². The molecule has 0 radical (unpaired) electrons. The van der Waals surface area contributed by atoms with Crippen molar-refractivity contribution in [3.05, 3.63) is 11.8 Å². The highest BCUT2D eigenvalue weighted by molar-refractivity contribution is 5.97. The molecule has 2 atom stereocenters. The van der Waals surface area contributed by atoms with Crippen molar-refractivity contribution in [1.82, 2.24) is 19.6 Å². The van der Waals surface area contributed by atoms with Crippen LogP contribution in [0.4, 0.5) is 19.0 Å². The molecular formula is C23H32F3N7O. The molecule has 4 heterocycles. The molecule has 3 saturated heterocycles. The largest absolute Gasteiger partial charge is 0.401 e. The van der Waals surface area contributed by atoms with E-state index in [1.54, 1.807) is 15.8 Å². The first-order chi connectivity index (χ1) is 16.2. The third-order valence-electron chi connectivity index (χ3n) is 8.27. The van der Waals surface area contributed by atoms with Crippen molar-refractivity contribution in [1.29, 1.82) is 5.26 Å². The van der Waals surface area contributed by atoms with Crippen LogP contribution in [0.1, 0.15) is 61.7 Å². The topological polar surface area (TPSA) is 103 Å². The fourth-order valence-electron chi connectivity index (χ4n) is 6.11. The molecule has 6 rings (SSSR count). The zero-order chi connectivity index (χ0) is 24.1. The van der Waals surface area contributed by atoms with E-state index in [0.717, 1.165) is 38.6 Å². The van der Waals surface area contributed by atoms with Gasteiger partial charge in [0.15, 0.2) is 5.82 Å². The number of aromatic nitrogens is 2. The average molecular weight is 480 g/mol. The normalized spacial score (nSPS) is 32.1. The lowest BCUT2D eigenvalue weighted by Gasteiger charge is -2.58. The van der Waals surface area contributed by atoms with Crippen molar-refractivity contribution in [3.63, 3.8) is 0 Å². The lowest BCUT2D eigenvalue weighted by Crippen LogP contribution is -2.71. The molecule has 2 aliphatic carbocycles. The number of halogens is 3. The number of rotatable bonds is 8. The molecule has 1 amide bonds. The summed E-state index contributed by atoms with van der Waals surface area (Å²) in [7, 11) is 0. The molecule has 186 valence electrons. The molecule has 34 heavy (non-hydrogen) atoms. The highest BCUT2D eigenvalue weighted by Crippen LogP contribution is 2.43. The van der Waals surface area contributed by atoms with Crippen molar-refractivity contribution in [3.8, 4) is 6.07 Å². The smallest absolute Gasteiger partial charge is 0.368 e. The molecule has 1 aromatic rings. The van der Waals surface area contributed by atoms with Crippen LogP contribution in [0.3, 0.4) is 0 Å². The second-order valence-electron chi connectivity index (χ2n) is 10.6. The Hall–Kier alpha value is -2.32. The van der Waals surface area contributed by atoms with Crippen LogP contribution < -0.4 is 11.1 Å². The number of piperidine rings is 1. The van der Waals surface area contributed by atoms with E-state index in [9.17, 15) is 23.2 Å². The van der Waals surface area contributed by atoms with Crippen LogP contribution in [0, 0.1) is 17.2 Å². The average Bonchev–Trinajstić information content (AvgIpc) is 3.52. The number of nitrogens with one attached hydrogen (secondary N) is 1. The lowest BCUT2D eigenvalue weighted by molar-refractivity contribution is -0.191. The highest BCUT2D eigenvalue weighted by Gasteiger charge is 2.50. The number of nitrogens with two attached hydrogens (primary N) is 1. The van der Waals surface area contributed by atoms with Gasteiger partial charge in [-0.25, -0.2) is 0 Å². The first-order valence-electron chi connectivity index (χ1n) is 12.2. The van der Waals surface area contributed by atoms with Gasteiger partial charge in [-0.1, -0.05) is 0 Å². The summed E-state index contributed by atoms with van der Waals surface area (Å²) in [6.07, 6.45) is 4.15. The number of fused-ring (bicyclic) bond motifs is 2. The van der Waals surface area contributed by atoms with Gasteiger partial charge in [0.25, 0.3) is 5.91 Å². The minimum atomic E-state index is -4.15. The highest BCUT2D eigenvalue weighted by atomic mass is 19.4. The van der Waals surface area contributed by atoms with E-state index >= 15 is 0 Å². The molecular weight excluding hydrogens is 447 g/mol. The lowest BCUT2D eigenvalue weighted by atomic mass is 9.76. The molecule has 1 aromatic heterocycles. The van der Waals surface area contributed by atoms with Crippen LogP contribution in [0.5, 0.6) is 0 Å². The van der Waals surface area contributed by atoms with Gasteiger partial charge in [0, 0.05) is 44.0 Å². The standard InChI is InChI=1S/C23H32F3N7O/c24-23(25,26)14-32-17-9-18(32)12-31(11-17)16-3-5-22(6-4-16,7-8-27)33-13-19(20(28)34)21(30-33)29-10-15-1-2-15/h13,15-18H,1-7,9-12,14H2,(H2,28,34)(H,29,30). The maximum Gasteiger partial charge on any atom is 0.401 e. The van der Waals surface area contributed by atoms with Gasteiger partial charge < -0.3 is 11.1 Å². The van der Waals surface area contributed by atoms with Crippen LogP contribution in [0.25, 0.3) is 0 Å². The van der Waals surface area contributed by atoms with Crippen LogP contribution in [0.15, 0.2) is 6.20 Å². The van der Waals surface area contributed by atoms with Crippen LogP contribution >= 0.6 is 0 Å². The number of amides is 1. The molecule has 5 aliphatic rings. The molecule has 3 N–H and O–H groups in total. The number of piperazine rings is 1.